The Balaban J connectivity index is 2.41. The van der Waals surface area contributed by atoms with Gasteiger partial charge in [-0.2, -0.15) is 4.98 Å². The van der Waals surface area contributed by atoms with Gasteiger partial charge in [0.2, 0.25) is 11.1 Å². The minimum absolute atomic E-state index is 0.0396. The third-order valence-corrected chi connectivity index (χ3v) is 3.41. The van der Waals surface area contributed by atoms with Gasteiger partial charge in [-0.15, -0.1) is 0 Å². The molecule has 0 fully saturated rings. The van der Waals surface area contributed by atoms with Crippen LogP contribution in [0.15, 0.2) is 21.5 Å². The van der Waals surface area contributed by atoms with Crippen molar-refractivity contribution in [2.75, 3.05) is 12.4 Å². The van der Waals surface area contributed by atoms with E-state index in [0.717, 1.165) is 0 Å². The first-order valence-electron chi connectivity index (χ1n) is 6.98. The van der Waals surface area contributed by atoms with Crippen molar-refractivity contribution in [3.05, 3.63) is 33.9 Å². The average Bonchev–Trinajstić information content (AvgIpc) is 2.53. The number of hydrogen-bond donors (Lipinski definition) is 2. The van der Waals surface area contributed by atoms with Crippen molar-refractivity contribution in [2.45, 2.75) is 19.8 Å². The first kappa shape index (κ1) is 14.9. The molecule has 0 aromatic carbocycles. The van der Waals surface area contributed by atoms with Crippen LogP contribution in [-0.4, -0.2) is 33.1 Å². The first-order chi connectivity index (χ1) is 10.9. The highest BCUT2D eigenvalue weighted by atomic mass is 16.4. The monoisotopic (exact) mass is 314 g/mol. The number of aromatic carboxylic acids is 1. The number of nitrogens with zero attached hydrogens (tertiary/aromatic N) is 3. The zero-order chi connectivity index (χ0) is 16.7. The fourth-order valence-corrected chi connectivity index (χ4v) is 2.22. The van der Waals surface area contributed by atoms with Crippen LogP contribution in [0.25, 0.3) is 22.2 Å². The molecule has 0 saturated heterocycles. The van der Waals surface area contributed by atoms with Crippen molar-refractivity contribution in [2.24, 2.45) is 0 Å². The molecular formula is C15H14N4O4. The summed E-state index contributed by atoms with van der Waals surface area (Å²) >= 11 is 0. The Morgan fingerprint density at radius 2 is 2.09 bits per heavy atom. The molecule has 2 N–H and O–H groups in total. The van der Waals surface area contributed by atoms with Crippen LogP contribution >= 0.6 is 0 Å². The van der Waals surface area contributed by atoms with E-state index >= 15 is 0 Å². The van der Waals surface area contributed by atoms with Gasteiger partial charge in [0.1, 0.15) is 17.2 Å². The summed E-state index contributed by atoms with van der Waals surface area (Å²) < 4.78 is 5.57. The van der Waals surface area contributed by atoms with Crippen molar-refractivity contribution in [3.8, 4) is 0 Å². The lowest BCUT2D eigenvalue weighted by Crippen LogP contribution is -2.11. The molecule has 3 aromatic heterocycles. The van der Waals surface area contributed by atoms with Gasteiger partial charge in [0.25, 0.3) is 0 Å². The van der Waals surface area contributed by atoms with E-state index in [9.17, 15) is 14.7 Å². The van der Waals surface area contributed by atoms with Crippen LogP contribution in [-0.2, 0) is 0 Å². The number of hydrogen-bond acceptors (Lipinski definition) is 7. The first-order valence-corrected chi connectivity index (χ1v) is 6.98. The number of aromatic nitrogens is 3. The number of carbonyl (C=O) groups is 1. The topological polar surface area (TPSA) is 118 Å². The summed E-state index contributed by atoms with van der Waals surface area (Å²) in [6, 6.07) is 1.25. The molecule has 3 heterocycles. The summed E-state index contributed by atoms with van der Waals surface area (Å²) in [4.78, 5) is 36.4. The summed E-state index contributed by atoms with van der Waals surface area (Å²) in [6.07, 6.45) is 1.43. The molecule has 0 saturated carbocycles. The number of nitrogens with one attached hydrogen (secondary N) is 1. The molecule has 3 rings (SSSR count). The molecule has 8 nitrogen and oxygen atoms in total. The maximum absolute atomic E-state index is 12.6. The number of carboxylic acids is 1. The zero-order valence-corrected chi connectivity index (χ0v) is 12.7. The van der Waals surface area contributed by atoms with Gasteiger partial charge in [0.05, 0.1) is 11.6 Å². The van der Waals surface area contributed by atoms with Crippen LogP contribution in [0.4, 0.5) is 5.82 Å². The molecule has 0 radical (unpaired) electrons. The van der Waals surface area contributed by atoms with E-state index < -0.39 is 11.4 Å². The van der Waals surface area contributed by atoms with Crippen molar-refractivity contribution in [1.82, 2.24) is 15.0 Å². The Morgan fingerprint density at radius 1 is 1.35 bits per heavy atom. The van der Waals surface area contributed by atoms with Gasteiger partial charge in [0, 0.05) is 13.0 Å². The average molecular weight is 314 g/mol. The predicted molar refractivity (Wildman–Crippen MR) is 84.0 cm³/mol. The number of anilines is 1. The summed E-state index contributed by atoms with van der Waals surface area (Å²) in [6.45, 7) is 3.82. The molecule has 0 spiro atoms. The largest absolute Gasteiger partial charge is 0.478 e. The second-order valence-electron chi connectivity index (χ2n) is 5.32. The molecule has 0 aliphatic rings. The Labute approximate surface area is 130 Å². The second kappa shape index (κ2) is 5.31. The Kier molecular flexibility index (Phi) is 3.44. The molecule has 0 unspecified atom stereocenters. The van der Waals surface area contributed by atoms with Crippen molar-refractivity contribution in [1.29, 1.82) is 0 Å². The van der Waals surface area contributed by atoms with E-state index in [4.69, 9.17) is 4.42 Å². The molecule has 8 heteroatoms. The summed E-state index contributed by atoms with van der Waals surface area (Å²) in [7, 11) is 1.54. The van der Waals surface area contributed by atoms with Crippen LogP contribution in [0.5, 0.6) is 0 Å². The number of rotatable bonds is 3. The molecule has 0 aliphatic carbocycles. The van der Waals surface area contributed by atoms with Crippen LogP contribution < -0.4 is 10.7 Å². The SMILES string of the molecule is CNc1nc2oc3cnc(C(C)C)nc3c(=O)c2cc1C(=O)O. The highest BCUT2D eigenvalue weighted by molar-refractivity contribution is 5.98. The molecule has 0 aliphatic heterocycles. The Morgan fingerprint density at radius 3 is 2.70 bits per heavy atom. The standard InChI is InChI=1S/C15H14N4O4/c1-6(2)12-17-5-9-10(18-12)11(20)7-4-8(15(21)22)13(16-3)19-14(7)23-9/h4-6H,1-3H3,(H,16,19)(H,21,22). The quantitative estimate of drug-likeness (QED) is 0.705. The molecule has 0 bridgehead atoms. The van der Waals surface area contributed by atoms with Gasteiger partial charge < -0.3 is 14.8 Å². The lowest BCUT2D eigenvalue weighted by atomic mass is 10.1. The lowest BCUT2D eigenvalue weighted by molar-refractivity contribution is 0.0698. The van der Waals surface area contributed by atoms with Gasteiger partial charge in [-0.1, -0.05) is 13.8 Å². The molecule has 23 heavy (non-hydrogen) atoms. The molecule has 3 aromatic rings. The highest BCUT2D eigenvalue weighted by Gasteiger charge is 2.18. The summed E-state index contributed by atoms with van der Waals surface area (Å²) in [5, 5.41) is 12.0. The third kappa shape index (κ3) is 2.37. The molecule has 118 valence electrons. The normalized spacial score (nSPS) is 11.3. The Bertz CT molecular complexity index is 994. The van der Waals surface area contributed by atoms with E-state index in [2.05, 4.69) is 20.3 Å². The van der Waals surface area contributed by atoms with Gasteiger partial charge in [-0.3, -0.25) is 4.79 Å². The lowest BCUT2D eigenvalue weighted by Gasteiger charge is -2.07. The van der Waals surface area contributed by atoms with Crippen molar-refractivity contribution >= 4 is 34.0 Å². The van der Waals surface area contributed by atoms with E-state index in [-0.39, 0.29) is 39.5 Å². The fourth-order valence-electron chi connectivity index (χ4n) is 2.22. The van der Waals surface area contributed by atoms with E-state index in [0.29, 0.717) is 5.82 Å². The zero-order valence-electron chi connectivity index (χ0n) is 12.7. The van der Waals surface area contributed by atoms with Crippen LogP contribution in [0.1, 0.15) is 35.9 Å². The second-order valence-corrected chi connectivity index (χ2v) is 5.32. The van der Waals surface area contributed by atoms with E-state index in [1.807, 2.05) is 13.8 Å². The van der Waals surface area contributed by atoms with Crippen LogP contribution in [0, 0.1) is 0 Å². The van der Waals surface area contributed by atoms with Gasteiger partial charge in [-0.25, -0.2) is 14.8 Å². The number of carboxylic acid groups (broad SMARTS) is 1. The Hall–Kier alpha value is -3.03. The van der Waals surface area contributed by atoms with E-state index in [1.165, 1.54) is 19.3 Å². The predicted octanol–water partition coefficient (Wildman–Crippen LogP) is 1.99. The van der Waals surface area contributed by atoms with Gasteiger partial charge in [-0.05, 0) is 6.07 Å². The molecule has 0 amide bonds. The van der Waals surface area contributed by atoms with E-state index in [1.54, 1.807) is 0 Å². The summed E-state index contributed by atoms with van der Waals surface area (Å²) in [5.74, 6) is -0.502. The maximum Gasteiger partial charge on any atom is 0.339 e. The van der Waals surface area contributed by atoms with Crippen molar-refractivity contribution in [3.63, 3.8) is 0 Å². The van der Waals surface area contributed by atoms with Crippen LogP contribution in [0.3, 0.4) is 0 Å². The van der Waals surface area contributed by atoms with Crippen LogP contribution in [0.2, 0.25) is 0 Å². The van der Waals surface area contributed by atoms with Crippen molar-refractivity contribution < 1.29 is 14.3 Å². The minimum Gasteiger partial charge on any atom is -0.478 e. The third-order valence-electron chi connectivity index (χ3n) is 3.41. The smallest absolute Gasteiger partial charge is 0.339 e. The maximum atomic E-state index is 12.6. The fraction of sp³-hybridized carbons (Fsp3) is 0.267. The molecular weight excluding hydrogens is 300 g/mol. The number of fused-ring (bicyclic) bond motifs is 2. The van der Waals surface area contributed by atoms with Gasteiger partial charge >= 0.3 is 5.97 Å². The number of pyridine rings is 1. The summed E-state index contributed by atoms with van der Waals surface area (Å²) in [5.41, 5.74) is -0.165. The molecule has 0 atom stereocenters. The highest BCUT2D eigenvalue weighted by Crippen LogP contribution is 2.22. The minimum atomic E-state index is -1.19. The van der Waals surface area contributed by atoms with Gasteiger partial charge in [0.15, 0.2) is 11.1 Å².